The Morgan fingerprint density at radius 1 is 1.24 bits per heavy atom. The van der Waals surface area contributed by atoms with Gasteiger partial charge in [0.1, 0.15) is 5.82 Å². The van der Waals surface area contributed by atoms with Crippen molar-refractivity contribution in [3.8, 4) is 0 Å². The highest BCUT2D eigenvalue weighted by atomic mass is 79.9. The molecule has 2 amide bonds. The van der Waals surface area contributed by atoms with Gasteiger partial charge in [0, 0.05) is 23.2 Å². The van der Waals surface area contributed by atoms with Crippen LogP contribution in [0, 0.1) is 5.82 Å². The number of anilines is 1. The maximum atomic E-state index is 13.1. The van der Waals surface area contributed by atoms with Crippen molar-refractivity contribution in [2.24, 2.45) is 0 Å². The number of nitrogens with one attached hydrogen (secondary N) is 1. The van der Waals surface area contributed by atoms with Crippen molar-refractivity contribution in [1.29, 1.82) is 0 Å². The molecule has 1 aliphatic heterocycles. The molecular formula is C16H14BrFN2O. The minimum atomic E-state index is -0.360. The predicted octanol–water partition coefficient (Wildman–Crippen LogP) is 4.18. The van der Waals surface area contributed by atoms with E-state index >= 15 is 0 Å². The molecule has 3 nitrogen and oxygen atoms in total. The molecule has 2 aromatic carbocycles. The molecule has 108 valence electrons. The van der Waals surface area contributed by atoms with Crippen LogP contribution in [-0.4, -0.2) is 17.5 Å². The van der Waals surface area contributed by atoms with E-state index in [0.717, 1.165) is 16.5 Å². The Labute approximate surface area is 130 Å². The number of carbonyl (C=O) groups excluding carboxylic acids is 1. The zero-order chi connectivity index (χ0) is 14.8. The molecule has 0 radical (unpaired) electrons. The molecule has 5 heteroatoms. The zero-order valence-electron chi connectivity index (χ0n) is 11.3. The number of hydrogen-bond donors (Lipinski definition) is 1. The van der Waals surface area contributed by atoms with E-state index in [1.54, 1.807) is 17.0 Å². The zero-order valence-corrected chi connectivity index (χ0v) is 12.9. The molecule has 0 unspecified atom stereocenters. The number of carbonyl (C=O) groups is 1. The van der Waals surface area contributed by atoms with Gasteiger partial charge < -0.3 is 10.2 Å². The number of hydrogen-bond acceptors (Lipinski definition) is 1. The third-order valence-electron chi connectivity index (χ3n) is 3.57. The van der Waals surface area contributed by atoms with Crippen LogP contribution in [-0.2, 0) is 13.0 Å². The van der Waals surface area contributed by atoms with Gasteiger partial charge in [-0.15, -0.1) is 0 Å². The van der Waals surface area contributed by atoms with Gasteiger partial charge in [0.2, 0.25) is 0 Å². The van der Waals surface area contributed by atoms with E-state index in [1.165, 1.54) is 17.7 Å². The van der Waals surface area contributed by atoms with Crippen LogP contribution < -0.4 is 5.32 Å². The number of halogens is 2. The van der Waals surface area contributed by atoms with Gasteiger partial charge in [-0.2, -0.15) is 0 Å². The number of benzene rings is 2. The maximum absolute atomic E-state index is 13.1. The summed E-state index contributed by atoms with van der Waals surface area (Å²) in [6, 6.07) is 11.7. The average molecular weight is 349 g/mol. The van der Waals surface area contributed by atoms with Crippen molar-refractivity contribution in [3.05, 3.63) is 63.9 Å². The van der Waals surface area contributed by atoms with Crippen LogP contribution in [0.15, 0.2) is 46.9 Å². The predicted molar refractivity (Wildman–Crippen MR) is 83.7 cm³/mol. The quantitative estimate of drug-likeness (QED) is 0.823. The SMILES string of the molecule is O=C(Nc1cccc(F)c1)N1CCc2c(Br)cccc2C1. The summed E-state index contributed by atoms with van der Waals surface area (Å²) in [7, 11) is 0. The van der Waals surface area contributed by atoms with E-state index in [0.29, 0.717) is 18.8 Å². The molecule has 0 saturated heterocycles. The molecule has 0 fully saturated rings. The highest BCUT2D eigenvalue weighted by Gasteiger charge is 2.21. The Balaban J connectivity index is 1.72. The first-order chi connectivity index (χ1) is 10.1. The van der Waals surface area contributed by atoms with E-state index in [4.69, 9.17) is 0 Å². The van der Waals surface area contributed by atoms with Crippen molar-refractivity contribution in [2.75, 3.05) is 11.9 Å². The Morgan fingerprint density at radius 3 is 2.86 bits per heavy atom. The number of amides is 2. The summed E-state index contributed by atoms with van der Waals surface area (Å²) in [5.41, 5.74) is 2.87. The highest BCUT2D eigenvalue weighted by molar-refractivity contribution is 9.10. The molecule has 0 aliphatic carbocycles. The van der Waals surface area contributed by atoms with Gasteiger partial charge in [0.25, 0.3) is 0 Å². The lowest BCUT2D eigenvalue weighted by atomic mass is 10.0. The molecule has 1 heterocycles. The van der Waals surface area contributed by atoms with Crippen molar-refractivity contribution in [1.82, 2.24) is 4.90 Å². The molecule has 0 bridgehead atoms. The Kier molecular flexibility index (Phi) is 3.92. The fraction of sp³-hybridized carbons (Fsp3) is 0.188. The standard InChI is InChI=1S/C16H14BrFN2O/c17-15-6-1-3-11-10-20(8-7-14(11)15)16(21)19-13-5-2-4-12(18)9-13/h1-6,9H,7-8,10H2,(H,19,21). The summed E-state index contributed by atoms with van der Waals surface area (Å²) in [6.07, 6.45) is 0.813. The van der Waals surface area contributed by atoms with E-state index in [2.05, 4.69) is 21.2 Å². The van der Waals surface area contributed by atoms with Crippen LogP contribution in [0.3, 0.4) is 0 Å². The molecule has 1 N–H and O–H groups in total. The third kappa shape index (κ3) is 3.08. The number of nitrogens with zero attached hydrogens (tertiary/aromatic N) is 1. The summed E-state index contributed by atoms with van der Waals surface area (Å²) < 4.78 is 14.2. The second kappa shape index (κ2) is 5.85. The molecule has 0 aromatic heterocycles. The molecular weight excluding hydrogens is 335 g/mol. The Hall–Kier alpha value is -1.88. The second-order valence-electron chi connectivity index (χ2n) is 4.99. The van der Waals surface area contributed by atoms with E-state index in [9.17, 15) is 9.18 Å². The maximum Gasteiger partial charge on any atom is 0.322 e. The molecule has 0 atom stereocenters. The van der Waals surface area contributed by atoms with Gasteiger partial charge in [-0.25, -0.2) is 9.18 Å². The normalized spacial score (nSPS) is 13.7. The lowest BCUT2D eigenvalue weighted by molar-refractivity contribution is 0.206. The van der Waals surface area contributed by atoms with Crippen molar-refractivity contribution in [2.45, 2.75) is 13.0 Å². The lowest BCUT2D eigenvalue weighted by Gasteiger charge is -2.29. The van der Waals surface area contributed by atoms with Crippen LogP contribution in [0.1, 0.15) is 11.1 Å². The third-order valence-corrected chi connectivity index (χ3v) is 4.31. The largest absolute Gasteiger partial charge is 0.322 e. The van der Waals surface area contributed by atoms with Crippen LogP contribution in [0.5, 0.6) is 0 Å². The summed E-state index contributed by atoms with van der Waals surface area (Å²) in [6.45, 7) is 1.21. The average Bonchev–Trinajstić information content (AvgIpc) is 2.47. The minimum Gasteiger partial charge on any atom is -0.320 e. The highest BCUT2D eigenvalue weighted by Crippen LogP contribution is 2.26. The molecule has 2 aromatic rings. The van der Waals surface area contributed by atoms with Crippen molar-refractivity contribution < 1.29 is 9.18 Å². The molecule has 1 aliphatic rings. The molecule has 0 saturated carbocycles. The monoisotopic (exact) mass is 348 g/mol. The summed E-state index contributed by atoms with van der Waals surface area (Å²) in [5.74, 6) is -0.360. The topological polar surface area (TPSA) is 32.3 Å². The van der Waals surface area contributed by atoms with Crippen LogP contribution >= 0.6 is 15.9 Å². The van der Waals surface area contributed by atoms with Crippen LogP contribution in [0.2, 0.25) is 0 Å². The van der Waals surface area contributed by atoms with Crippen LogP contribution in [0.25, 0.3) is 0 Å². The van der Waals surface area contributed by atoms with Crippen LogP contribution in [0.4, 0.5) is 14.9 Å². The minimum absolute atomic E-state index is 0.203. The van der Waals surface area contributed by atoms with E-state index < -0.39 is 0 Å². The Bertz CT molecular complexity index is 690. The lowest BCUT2D eigenvalue weighted by Crippen LogP contribution is -2.39. The number of rotatable bonds is 1. The van der Waals surface area contributed by atoms with E-state index in [1.807, 2.05) is 18.2 Å². The van der Waals surface area contributed by atoms with Crippen molar-refractivity contribution in [3.63, 3.8) is 0 Å². The van der Waals surface area contributed by atoms with Gasteiger partial charge in [-0.3, -0.25) is 0 Å². The van der Waals surface area contributed by atoms with Gasteiger partial charge in [-0.05, 0) is 41.8 Å². The molecule has 21 heavy (non-hydrogen) atoms. The fourth-order valence-corrected chi connectivity index (χ4v) is 3.11. The first kappa shape index (κ1) is 14.1. The Morgan fingerprint density at radius 2 is 2.05 bits per heavy atom. The summed E-state index contributed by atoms with van der Waals surface area (Å²) in [4.78, 5) is 14.0. The molecule has 0 spiro atoms. The van der Waals surface area contributed by atoms with Crippen molar-refractivity contribution >= 4 is 27.6 Å². The smallest absolute Gasteiger partial charge is 0.320 e. The molecule has 3 rings (SSSR count). The van der Waals surface area contributed by atoms with Gasteiger partial charge in [0.05, 0.1) is 0 Å². The first-order valence-electron chi connectivity index (χ1n) is 6.71. The van der Waals surface area contributed by atoms with Gasteiger partial charge in [0.15, 0.2) is 0 Å². The summed E-state index contributed by atoms with van der Waals surface area (Å²) in [5, 5.41) is 2.73. The fourth-order valence-electron chi connectivity index (χ4n) is 2.50. The number of fused-ring (bicyclic) bond motifs is 1. The van der Waals surface area contributed by atoms with Gasteiger partial charge >= 0.3 is 6.03 Å². The van der Waals surface area contributed by atoms with Gasteiger partial charge in [-0.1, -0.05) is 34.1 Å². The van der Waals surface area contributed by atoms with E-state index in [-0.39, 0.29) is 11.8 Å². The second-order valence-corrected chi connectivity index (χ2v) is 5.84. The summed E-state index contributed by atoms with van der Waals surface area (Å²) >= 11 is 3.54. The first-order valence-corrected chi connectivity index (χ1v) is 7.50. The number of urea groups is 1.